The van der Waals surface area contributed by atoms with E-state index >= 15 is 0 Å². The highest BCUT2D eigenvalue weighted by molar-refractivity contribution is 7.00. The molecule has 592 valence electrons. The van der Waals surface area contributed by atoms with Gasteiger partial charge in [-0.05, 0) is 223 Å². The van der Waals surface area contributed by atoms with Gasteiger partial charge in [0.05, 0.1) is 29.3 Å². The monoisotopic (exact) mass is 1530 g/mol. The van der Waals surface area contributed by atoms with Gasteiger partial charge in [0.25, 0.3) is 0 Å². The van der Waals surface area contributed by atoms with Gasteiger partial charge in [-0.3, -0.25) is 15.0 Å². The molecule has 114 heavy (non-hydrogen) atoms. The lowest BCUT2D eigenvalue weighted by molar-refractivity contribution is 0.568. The molecule has 0 bridgehead atoms. The fraction of sp³-hybridized carbons (Fsp3) is 0.361. The van der Waals surface area contributed by atoms with Crippen molar-refractivity contribution in [2.24, 2.45) is 4.99 Å². The molecule has 0 fully saturated rings. The highest BCUT2D eigenvalue weighted by atomic mass is 32.1. The Bertz CT molecular complexity index is 5500. The second-order valence-corrected chi connectivity index (χ2v) is 40.0. The first-order valence-electron chi connectivity index (χ1n) is 41.4. The third kappa shape index (κ3) is 22.4. The fourth-order valence-corrected chi connectivity index (χ4v) is 16.0. The first-order valence-corrected chi connectivity index (χ1v) is 42.1. The molecule has 0 atom stereocenters. The molecule has 0 N–H and O–H groups in total. The first-order chi connectivity index (χ1) is 53.6. The molecule has 0 radical (unpaired) electrons. The van der Waals surface area contributed by atoms with Gasteiger partial charge in [0, 0.05) is 28.9 Å². The summed E-state index contributed by atoms with van der Waals surface area (Å²) in [6.07, 6.45) is 10.3. The third-order valence-corrected chi connectivity index (χ3v) is 22.3. The first kappa shape index (κ1) is 86.7. The van der Waals surface area contributed by atoms with E-state index in [4.69, 9.17) is 0 Å². The predicted molar refractivity (Wildman–Crippen MR) is 499 cm³/mol. The van der Waals surface area contributed by atoms with Crippen molar-refractivity contribution in [1.82, 2.24) is 18.7 Å². The number of aryl methyl sites for hydroxylation is 2. The van der Waals surface area contributed by atoms with Gasteiger partial charge in [-0.25, -0.2) is 0 Å². The topological polar surface area (TPSA) is 63.9 Å². The van der Waals surface area contributed by atoms with Crippen LogP contribution < -0.4 is 0 Å². The van der Waals surface area contributed by atoms with E-state index in [1.165, 1.54) is 142 Å². The van der Waals surface area contributed by atoms with Gasteiger partial charge in [-0.2, -0.15) is 8.75 Å². The number of para-hydroxylation sites is 1. The van der Waals surface area contributed by atoms with Crippen molar-refractivity contribution in [2.45, 2.75) is 255 Å². The number of benzene rings is 11. The van der Waals surface area contributed by atoms with Crippen molar-refractivity contribution in [1.29, 1.82) is 0 Å². The Morgan fingerprint density at radius 3 is 1.42 bits per heavy atom. The molecule has 14 aromatic rings. The van der Waals surface area contributed by atoms with E-state index in [1.807, 2.05) is 37.5 Å². The average Bonchev–Trinajstić information content (AvgIpc) is 1.58. The van der Waals surface area contributed by atoms with E-state index < -0.39 is 0 Å². The van der Waals surface area contributed by atoms with Crippen LogP contribution in [-0.2, 0) is 69.1 Å². The minimum Gasteiger partial charge on any atom is -0.288 e. The minimum atomic E-state index is 0.148. The highest BCUT2D eigenvalue weighted by Crippen LogP contribution is 2.42. The molecular weight excluding hydrogens is 1400 g/mol. The van der Waals surface area contributed by atoms with Crippen LogP contribution in [0.1, 0.15) is 263 Å². The molecule has 0 spiro atoms. The molecule has 2 aliphatic carbocycles. The van der Waals surface area contributed by atoms with Crippen molar-refractivity contribution in [3.63, 3.8) is 0 Å². The molecule has 11 aromatic carbocycles. The molecule has 0 saturated heterocycles. The van der Waals surface area contributed by atoms with E-state index in [2.05, 4.69) is 414 Å². The second kappa shape index (κ2) is 36.0. The summed E-state index contributed by atoms with van der Waals surface area (Å²) in [5.74, 6) is 0. The Labute approximate surface area is 690 Å². The molecule has 0 unspecified atom stereocenters. The van der Waals surface area contributed by atoms with Crippen molar-refractivity contribution in [3.8, 4) is 11.1 Å². The Hall–Kier alpha value is -9.75. The number of aliphatic imine (C=N–C) groups is 1. The average molecular weight is 1530 g/mol. The van der Waals surface area contributed by atoms with Crippen LogP contribution in [-0.4, -0.2) is 24.9 Å². The van der Waals surface area contributed by atoms with Gasteiger partial charge in [0.2, 0.25) is 0 Å². The summed E-state index contributed by atoms with van der Waals surface area (Å²) in [5, 5.41) is 7.86. The van der Waals surface area contributed by atoms with Crippen LogP contribution in [0.25, 0.3) is 65.5 Å². The smallest absolute Gasteiger partial charge is 0.108 e. The number of pyridine rings is 2. The zero-order valence-electron chi connectivity index (χ0n) is 73.6. The minimum absolute atomic E-state index is 0.148. The van der Waals surface area contributed by atoms with E-state index in [1.54, 1.807) is 16.7 Å². The summed E-state index contributed by atoms with van der Waals surface area (Å²) < 4.78 is 8.54. The van der Waals surface area contributed by atoms with Crippen LogP contribution in [0, 0.1) is 6.92 Å². The van der Waals surface area contributed by atoms with Crippen LogP contribution in [0.5, 0.6) is 0 Å². The molecule has 1 aliphatic heterocycles. The molecular formula is C108H129N5S. The number of aromatic nitrogens is 4. The molecule has 0 saturated carbocycles. The van der Waals surface area contributed by atoms with Crippen molar-refractivity contribution < 1.29 is 0 Å². The van der Waals surface area contributed by atoms with Crippen molar-refractivity contribution in [3.05, 3.63) is 332 Å². The van der Waals surface area contributed by atoms with Gasteiger partial charge >= 0.3 is 0 Å². The lowest BCUT2D eigenvalue weighted by Crippen LogP contribution is -2.17. The Kier molecular flexibility index (Phi) is 27.3. The van der Waals surface area contributed by atoms with E-state index in [9.17, 15) is 0 Å². The molecule has 4 heterocycles. The number of hydrogen-bond donors (Lipinski definition) is 0. The Balaban J connectivity index is 0.000000138. The van der Waals surface area contributed by atoms with Gasteiger partial charge in [-0.15, -0.1) is 0 Å². The molecule has 17 rings (SSSR count). The maximum absolute atomic E-state index is 4.64. The van der Waals surface area contributed by atoms with Crippen LogP contribution in [0.3, 0.4) is 0 Å². The third-order valence-electron chi connectivity index (χ3n) is 21.8. The van der Waals surface area contributed by atoms with Gasteiger partial charge in [0.15, 0.2) is 0 Å². The summed E-state index contributed by atoms with van der Waals surface area (Å²) in [6.45, 7) is 56.9. The van der Waals surface area contributed by atoms with Gasteiger partial charge in [-0.1, -0.05) is 378 Å². The largest absolute Gasteiger partial charge is 0.288 e. The maximum atomic E-state index is 4.64. The molecule has 3 aromatic heterocycles. The standard InChI is InChI=1S/C17H18.C14H17N.C14H20.2C14H16.C13H15N.C12H15N.C10H12N2S/c1-17(2,3)16-10-6-9-14-13-8-5-4-7-12(13)11-15(14)16;1-10-8-9-11-6-5-7-12(13(11)15-10)14(2,3)4;2*1-14(2,3)13-10-6-8-11-7-4-5-9-12(11)13;1-14(2,3)13-9-8-11-6-4-5-7-12(11)10-13;1-13(2,3)11-7-4-8-12-10(11)6-5-9-14-12;1-12(2,3)11-5-4-9-7-13-8-10(9)6-11;1-10(2,3)7-5-4-6-8-9(7)12-13-11-8/h4-10H,11H2,1-3H3;5-9H,1-4H3;6,8,10H,4-5,7,9H2,1-3H3;2*4-10H,1-3H3;4-9H,1-3H3;4-6,8H,7H2,1-3H3;4-6H,1-3H3. The number of rotatable bonds is 0. The summed E-state index contributed by atoms with van der Waals surface area (Å²) >= 11 is 1.28. The van der Waals surface area contributed by atoms with Crippen molar-refractivity contribution >= 4 is 72.3 Å². The van der Waals surface area contributed by atoms with Crippen molar-refractivity contribution in [2.75, 3.05) is 0 Å². The molecule has 0 amide bonds. The molecule has 6 heteroatoms. The second-order valence-electron chi connectivity index (χ2n) is 39.4. The molecule has 5 nitrogen and oxygen atoms in total. The molecule has 3 aliphatic rings. The number of fused-ring (bicyclic) bond motifs is 10. The fourth-order valence-electron chi connectivity index (χ4n) is 15.5. The zero-order chi connectivity index (χ0) is 82.8. The lowest BCUT2D eigenvalue weighted by atomic mass is 9.78. The van der Waals surface area contributed by atoms with E-state index in [0.29, 0.717) is 5.41 Å². The van der Waals surface area contributed by atoms with Crippen LogP contribution in [0.15, 0.2) is 254 Å². The summed E-state index contributed by atoms with van der Waals surface area (Å²) in [7, 11) is 0. The SMILES string of the molecule is CC(C)(C)c1ccc2c(c1)C=NC2.CC(C)(C)c1ccc2ccccc2c1.CC(C)(C)c1cccc2c1CCCC2.CC(C)(C)c1cccc2c1Cc1ccccc1-2.CC(C)(C)c1cccc2ccccc12.CC(C)(C)c1cccc2ncccc12.CC(C)(C)c1cccc2nsnc12.Cc1ccc2cccc(C(C)(C)C)c2n1. The van der Waals surface area contributed by atoms with Gasteiger partial charge in [0.1, 0.15) is 11.0 Å². The zero-order valence-corrected chi connectivity index (χ0v) is 74.5. The van der Waals surface area contributed by atoms with Gasteiger partial charge < -0.3 is 0 Å². The highest BCUT2D eigenvalue weighted by Gasteiger charge is 2.27. The van der Waals surface area contributed by atoms with E-state index in [0.717, 1.165) is 40.7 Å². The summed E-state index contributed by atoms with van der Waals surface area (Å²) in [5.41, 5.74) is 30.1. The number of nitrogens with zero attached hydrogens (tertiary/aromatic N) is 5. The lowest BCUT2D eigenvalue weighted by Gasteiger charge is -2.27. The Morgan fingerprint density at radius 2 is 0.772 bits per heavy atom. The summed E-state index contributed by atoms with van der Waals surface area (Å²) in [4.78, 5) is 13.2. The number of hydrogen-bond acceptors (Lipinski definition) is 6. The van der Waals surface area contributed by atoms with Crippen LogP contribution in [0.4, 0.5) is 0 Å². The normalized spacial score (nSPS) is 13.1. The van der Waals surface area contributed by atoms with Crippen LogP contribution >= 0.6 is 11.7 Å². The predicted octanol–water partition coefficient (Wildman–Crippen LogP) is 30.0. The Morgan fingerprint density at radius 1 is 0.307 bits per heavy atom. The quantitative estimate of drug-likeness (QED) is 0.152. The van der Waals surface area contributed by atoms with E-state index in [-0.39, 0.29) is 37.9 Å². The maximum Gasteiger partial charge on any atom is 0.108 e. The van der Waals surface area contributed by atoms with Crippen LogP contribution in [0.2, 0.25) is 0 Å². The summed E-state index contributed by atoms with van der Waals surface area (Å²) in [6, 6.07) is 86.6.